The summed E-state index contributed by atoms with van der Waals surface area (Å²) < 4.78 is 7.30. The normalized spacial score (nSPS) is 13.1. The molecule has 0 fully saturated rings. The monoisotopic (exact) mass is 273 g/mol. The predicted molar refractivity (Wildman–Crippen MR) is 70.3 cm³/mol. The van der Waals surface area contributed by atoms with E-state index in [1.165, 1.54) is 11.3 Å². The van der Waals surface area contributed by atoms with E-state index in [9.17, 15) is 14.7 Å². The van der Waals surface area contributed by atoms with Crippen LogP contribution in [0.1, 0.15) is 15.9 Å². The molecule has 3 heterocycles. The van der Waals surface area contributed by atoms with E-state index in [2.05, 4.69) is 0 Å². The molecule has 0 saturated heterocycles. The largest absolute Gasteiger partial charge is 0.477 e. The molecule has 0 bridgehead atoms. The van der Waals surface area contributed by atoms with Crippen LogP contribution in [0.2, 0.25) is 0 Å². The van der Waals surface area contributed by atoms with E-state index >= 15 is 0 Å². The predicted octanol–water partition coefficient (Wildman–Crippen LogP) is 2.10. The Morgan fingerprint density at radius 2 is 2.26 bits per heavy atom. The maximum atomic E-state index is 12.3. The Labute approximate surface area is 110 Å². The number of aromatic nitrogens is 1. The minimum Gasteiger partial charge on any atom is -0.477 e. The van der Waals surface area contributed by atoms with Gasteiger partial charge in [-0.2, -0.15) is 0 Å². The first-order valence-corrected chi connectivity index (χ1v) is 6.50. The molecular formula is C13H7NO4S. The van der Waals surface area contributed by atoms with Crippen LogP contribution in [-0.4, -0.2) is 15.5 Å². The van der Waals surface area contributed by atoms with Gasteiger partial charge in [0.05, 0.1) is 10.9 Å². The van der Waals surface area contributed by atoms with Crippen LogP contribution >= 0.6 is 11.3 Å². The second kappa shape index (κ2) is 3.36. The molecule has 0 radical (unpaired) electrons. The number of carboxylic acids is 1. The van der Waals surface area contributed by atoms with Crippen LogP contribution in [0.5, 0.6) is 5.88 Å². The fourth-order valence-corrected chi connectivity index (χ4v) is 3.49. The highest BCUT2D eigenvalue weighted by atomic mass is 32.1. The van der Waals surface area contributed by atoms with Crippen molar-refractivity contribution in [1.82, 2.24) is 4.40 Å². The molecular weight excluding hydrogens is 266 g/mol. The van der Waals surface area contributed by atoms with Crippen molar-refractivity contribution in [3.63, 3.8) is 0 Å². The lowest BCUT2D eigenvalue weighted by atomic mass is 10.1. The van der Waals surface area contributed by atoms with Gasteiger partial charge >= 0.3 is 5.97 Å². The zero-order valence-corrected chi connectivity index (χ0v) is 10.4. The van der Waals surface area contributed by atoms with E-state index < -0.39 is 11.4 Å². The number of carbonyl (C=O) groups is 1. The lowest BCUT2D eigenvalue weighted by Crippen LogP contribution is -2.19. The molecule has 5 nitrogen and oxygen atoms in total. The van der Waals surface area contributed by atoms with Gasteiger partial charge in [-0.1, -0.05) is 12.1 Å². The van der Waals surface area contributed by atoms with Crippen molar-refractivity contribution in [2.45, 2.75) is 6.61 Å². The summed E-state index contributed by atoms with van der Waals surface area (Å²) in [5, 5.41) is 11.4. The SMILES string of the molecule is O=C(O)c1c(=O)c2cccc3c2n2c(csc12)OC3. The summed E-state index contributed by atoms with van der Waals surface area (Å²) in [4.78, 5) is 24.1. The second-order valence-electron chi connectivity index (χ2n) is 4.33. The molecule has 0 spiro atoms. The third-order valence-corrected chi connectivity index (χ3v) is 4.24. The fourth-order valence-electron chi connectivity index (χ4n) is 2.52. The molecule has 1 N–H and O–H groups in total. The van der Waals surface area contributed by atoms with Gasteiger partial charge in [-0.3, -0.25) is 9.20 Å². The maximum Gasteiger partial charge on any atom is 0.342 e. The smallest absolute Gasteiger partial charge is 0.342 e. The lowest BCUT2D eigenvalue weighted by molar-refractivity contribution is 0.0697. The maximum absolute atomic E-state index is 12.3. The van der Waals surface area contributed by atoms with Gasteiger partial charge in [0.1, 0.15) is 17.0 Å². The van der Waals surface area contributed by atoms with Crippen LogP contribution < -0.4 is 10.2 Å². The van der Waals surface area contributed by atoms with Gasteiger partial charge in [-0.25, -0.2) is 4.79 Å². The molecule has 94 valence electrons. The number of hydrogen-bond acceptors (Lipinski definition) is 4. The topological polar surface area (TPSA) is 68.0 Å². The number of rotatable bonds is 1. The molecule has 3 aromatic rings. The van der Waals surface area contributed by atoms with Crippen molar-refractivity contribution in [1.29, 1.82) is 0 Å². The Kier molecular flexibility index (Phi) is 1.87. The molecule has 6 heteroatoms. The van der Waals surface area contributed by atoms with E-state index in [0.29, 0.717) is 22.7 Å². The van der Waals surface area contributed by atoms with Gasteiger partial charge in [-0.05, 0) is 6.07 Å². The van der Waals surface area contributed by atoms with E-state index in [1.807, 2.05) is 6.07 Å². The Balaban J connectivity index is 2.43. The van der Waals surface area contributed by atoms with Crippen LogP contribution in [-0.2, 0) is 6.61 Å². The molecule has 4 rings (SSSR count). The first-order chi connectivity index (χ1) is 9.18. The van der Waals surface area contributed by atoms with E-state index in [1.54, 1.807) is 21.9 Å². The molecule has 1 aliphatic rings. The van der Waals surface area contributed by atoms with Crippen molar-refractivity contribution in [3.05, 3.63) is 44.9 Å². The number of aromatic carboxylic acids is 1. The zero-order valence-electron chi connectivity index (χ0n) is 9.54. The molecule has 0 unspecified atom stereocenters. The van der Waals surface area contributed by atoms with Crippen molar-refractivity contribution in [2.24, 2.45) is 0 Å². The first kappa shape index (κ1) is 10.6. The Morgan fingerprint density at radius 1 is 1.42 bits per heavy atom. The Hall–Kier alpha value is -2.34. The van der Waals surface area contributed by atoms with Crippen LogP contribution in [0.4, 0.5) is 0 Å². The average Bonchev–Trinajstić information content (AvgIpc) is 2.82. The van der Waals surface area contributed by atoms with E-state index in [4.69, 9.17) is 4.74 Å². The van der Waals surface area contributed by atoms with Crippen LogP contribution in [0.15, 0.2) is 28.4 Å². The molecule has 19 heavy (non-hydrogen) atoms. The second-order valence-corrected chi connectivity index (χ2v) is 5.18. The number of para-hydroxylation sites is 1. The zero-order chi connectivity index (χ0) is 13.1. The minimum absolute atomic E-state index is 0.189. The van der Waals surface area contributed by atoms with Crippen molar-refractivity contribution in [3.8, 4) is 5.88 Å². The molecule has 2 aromatic heterocycles. The molecule has 0 amide bonds. The van der Waals surface area contributed by atoms with Crippen molar-refractivity contribution >= 4 is 33.0 Å². The molecule has 1 aromatic carbocycles. The third-order valence-electron chi connectivity index (χ3n) is 3.31. The molecule has 0 atom stereocenters. The number of nitrogens with zero attached hydrogens (tertiary/aromatic N) is 1. The van der Waals surface area contributed by atoms with E-state index in [0.717, 1.165) is 11.1 Å². The first-order valence-electron chi connectivity index (χ1n) is 5.62. The highest BCUT2D eigenvalue weighted by Crippen LogP contribution is 2.34. The quantitative estimate of drug-likeness (QED) is 0.737. The Morgan fingerprint density at radius 3 is 3.05 bits per heavy atom. The fraction of sp³-hybridized carbons (Fsp3) is 0.0769. The van der Waals surface area contributed by atoms with Gasteiger partial charge in [-0.15, -0.1) is 11.3 Å². The molecule has 0 saturated carbocycles. The van der Waals surface area contributed by atoms with Crippen molar-refractivity contribution < 1.29 is 14.6 Å². The lowest BCUT2D eigenvalue weighted by Gasteiger charge is -2.17. The summed E-state index contributed by atoms with van der Waals surface area (Å²) in [6, 6.07) is 5.29. The standard InChI is InChI=1S/C13H7NO4S/c15-11-7-3-1-2-6-4-18-8-5-19-12(9(11)13(16)17)14(8)10(6)7/h1-3,5H,4H2,(H,16,17). The van der Waals surface area contributed by atoms with Gasteiger partial charge < -0.3 is 9.84 Å². The van der Waals surface area contributed by atoms with Gasteiger partial charge in [0.15, 0.2) is 0 Å². The molecule has 1 aliphatic heterocycles. The summed E-state index contributed by atoms with van der Waals surface area (Å²) >= 11 is 1.21. The summed E-state index contributed by atoms with van der Waals surface area (Å²) in [5.74, 6) is -0.616. The van der Waals surface area contributed by atoms with Crippen LogP contribution in [0, 0.1) is 0 Å². The summed E-state index contributed by atoms with van der Waals surface area (Å²) in [5.41, 5.74) is 1.04. The number of thiazole rings is 1. The van der Waals surface area contributed by atoms with Gasteiger partial charge in [0.25, 0.3) is 0 Å². The summed E-state index contributed by atoms with van der Waals surface area (Å²) in [7, 11) is 0. The van der Waals surface area contributed by atoms with E-state index in [-0.39, 0.29) is 5.56 Å². The number of ether oxygens (including phenoxy) is 1. The number of benzene rings is 1. The van der Waals surface area contributed by atoms with Crippen LogP contribution in [0.3, 0.4) is 0 Å². The number of hydrogen-bond donors (Lipinski definition) is 1. The molecule has 0 aliphatic carbocycles. The van der Waals surface area contributed by atoms with Crippen molar-refractivity contribution in [2.75, 3.05) is 0 Å². The summed E-state index contributed by atoms with van der Waals surface area (Å²) in [6.45, 7) is 0.398. The highest BCUT2D eigenvalue weighted by molar-refractivity contribution is 7.16. The van der Waals surface area contributed by atoms with Gasteiger partial charge in [0, 0.05) is 10.9 Å². The average molecular weight is 273 g/mol. The number of pyridine rings is 1. The van der Waals surface area contributed by atoms with Crippen LogP contribution in [0.25, 0.3) is 15.7 Å². The Bertz CT molecular complexity index is 922. The van der Waals surface area contributed by atoms with Gasteiger partial charge in [0.2, 0.25) is 11.3 Å². The number of carboxylic acid groups (broad SMARTS) is 1. The minimum atomic E-state index is -1.20. The summed E-state index contributed by atoms with van der Waals surface area (Å²) in [6.07, 6.45) is 0. The highest BCUT2D eigenvalue weighted by Gasteiger charge is 2.24. The third kappa shape index (κ3) is 1.18.